The van der Waals surface area contributed by atoms with Crippen LogP contribution in [-0.4, -0.2) is 33.4 Å². The van der Waals surface area contributed by atoms with Crippen molar-refractivity contribution >= 4 is 27.6 Å². The van der Waals surface area contributed by atoms with Crippen molar-refractivity contribution in [1.29, 1.82) is 0 Å². The van der Waals surface area contributed by atoms with E-state index in [4.69, 9.17) is 4.74 Å². The predicted molar refractivity (Wildman–Crippen MR) is 125 cm³/mol. The predicted octanol–water partition coefficient (Wildman–Crippen LogP) is 4.15. The molecular weight excluding hydrogens is 428 g/mol. The molecule has 174 valence electrons. The number of aryl methyl sites for hydroxylation is 1. The van der Waals surface area contributed by atoms with E-state index in [-0.39, 0.29) is 29.1 Å². The maximum Gasteiger partial charge on any atom is 0.338 e. The van der Waals surface area contributed by atoms with Crippen molar-refractivity contribution in [1.82, 2.24) is 4.72 Å². The molecule has 0 saturated heterocycles. The number of ether oxygens (including phenoxy) is 1. The highest BCUT2D eigenvalue weighted by molar-refractivity contribution is 7.89. The highest BCUT2D eigenvalue weighted by Gasteiger charge is 2.14. The van der Waals surface area contributed by atoms with Crippen molar-refractivity contribution in [2.24, 2.45) is 5.92 Å². The zero-order valence-electron chi connectivity index (χ0n) is 18.9. The largest absolute Gasteiger partial charge is 0.462 e. The molecule has 0 atom stereocenters. The molecule has 0 aliphatic carbocycles. The van der Waals surface area contributed by atoms with Gasteiger partial charge in [0.2, 0.25) is 15.9 Å². The third-order valence-corrected chi connectivity index (χ3v) is 6.13. The van der Waals surface area contributed by atoms with Crippen LogP contribution in [0.1, 0.15) is 56.0 Å². The van der Waals surface area contributed by atoms with Crippen molar-refractivity contribution in [2.45, 2.75) is 51.3 Å². The molecular formula is C24H32N2O5S. The van der Waals surface area contributed by atoms with Gasteiger partial charge in [0.05, 0.1) is 17.1 Å². The summed E-state index contributed by atoms with van der Waals surface area (Å²) < 4.78 is 32.2. The van der Waals surface area contributed by atoms with Crippen LogP contribution in [0.4, 0.5) is 5.69 Å². The lowest BCUT2D eigenvalue weighted by molar-refractivity contribution is -0.116. The summed E-state index contributed by atoms with van der Waals surface area (Å²) in [4.78, 5) is 24.4. The monoisotopic (exact) mass is 460 g/mol. The molecule has 2 rings (SSSR count). The fourth-order valence-electron chi connectivity index (χ4n) is 2.76. The van der Waals surface area contributed by atoms with Crippen molar-refractivity contribution in [3.05, 3.63) is 59.7 Å². The van der Waals surface area contributed by atoms with Gasteiger partial charge < -0.3 is 10.1 Å². The minimum atomic E-state index is -3.52. The summed E-state index contributed by atoms with van der Waals surface area (Å²) in [6.07, 6.45) is 2.51. The number of hydrogen-bond acceptors (Lipinski definition) is 5. The third kappa shape index (κ3) is 8.43. The molecule has 1 amide bonds. The molecule has 2 N–H and O–H groups in total. The number of nitrogens with one attached hydrogen (secondary N) is 2. The van der Waals surface area contributed by atoms with E-state index >= 15 is 0 Å². The summed E-state index contributed by atoms with van der Waals surface area (Å²) in [5, 5.41) is 2.80. The Balaban J connectivity index is 1.83. The lowest BCUT2D eigenvalue weighted by Crippen LogP contribution is -2.27. The summed E-state index contributed by atoms with van der Waals surface area (Å²) in [6.45, 7) is 6.68. The molecule has 2 aromatic carbocycles. The van der Waals surface area contributed by atoms with Crippen molar-refractivity contribution in [2.75, 3.05) is 18.5 Å². The maximum absolute atomic E-state index is 12.2. The fourth-order valence-corrected chi connectivity index (χ4v) is 3.97. The zero-order chi connectivity index (χ0) is 23.6. The molecule has 0 aromatic heterocycles. The summed E-state index contributed by atoms with van der Waals surface area (Å²) in [5.74, 6) is -0.321. The van der Waals surface area contributed by atoms with Gasteiger partial charge in [0, 0.05) is 18.7 Å². The average Bonchev–Trinajstić information content (AvgIpc) is 2.77. The lowest BCUT2D eigenvalue weighted by atomic mass is 10.1. The van der Waals surface area contributed by atoms with E-state index in [2.05, 4.69) is 10.0 Å². The Kier molecular flexibility index (Phi) is 9.87. The first kappa shape index (κ1) is 25.5. The Bertz CT molecular complexity index is 984. The SMILES string of the molecule is CCCCOC(=O)c1ccc(NC(=O)CCc2ccc(S(=O)(=O)NCC(C)C)cc2)cc1. The molecule has 7 nitrogen and oxygen atoms in total. The van der Waals surface area contributed by atoms with Gasteiger partial charge in [0.1, 0.15) is 0 Å². The van der Waals surface area contributed by atoms with Gasteiger partial charge in [-0.2, -0.15) is 0 Å². The number of anilines is 1. The Hall–Kier alpha value is -2.71. The van der Waals surface area contributed by atoms with E-state index in [0.717, 1.165) is 18.4 Å². The second-order valence-electron chi connectivity index (χ2n) is 8.00. The fraction of sp³-hybridized carbons (Fsp3) is 0.417. The van der Waals surface area contributed by atoms with E-state index in [1.165, 1.54) is 0 Å². The molecule has 0 spiro atoms. The molecule has 0 aliphatic heterocycles. The van der Waals surface area contributed by atoms with E-state index < -0.39 is 10.0 Å². The lowest BCUT2D eigenvalue weighted by Gasteiger charge is -2.10. The Morgan fingerprint density at radius 2 is 1.66 bits per heavy atom. The van der Waals surface area contributed by atoms with E-state index in [0.29, 0.717) is 30.8 Å². The molecule has 8 heteroatoms. The molecule has 0 heterocycles. The molecule has 0 saturated carbocycles. The van der Waals surface area contributed by atoms with Crippen molar-refractivity contribution < 1.29 is 22.7 Å². The topological polar surface area (TPSA) is 102 Å². The minimum Gasteiger partial charge on any atom is -0.462 e. The van der Waals surface area contributed by atoms with Gasteiger partial charge in [-0.25, -0.2) is 17.9 Å². The van der Waals surface area contributed by atoms with Gasteiger partial charge in [-0.15, -0.1) is 0 Å². The third-order valence-electron chi connectivity index (χ3n) is 4.69. The molecule has 0 aliphatic rings. The van der Waals surface area contributed by atoms with Crippen LogP contribution in [0.15, 0.2) is 53.4 Å². The van der Waals surface area contributed by atoms with Gasteiger partial charge in [-0.3, -0.25) is 4.79 Å². The van der Waals surface area contributed by atoms with E-state index in [1.54, 1.807) is 48.5 Å². The molecule has 2 aromatic rings. The molecule has 0 bridgehead atoms. The van der Waals surface area contributed by atoms with Gasteiger partial charge >= 0.3 is 5.97 Å². The van der Waals surface area contributed by atoms with Crippen LogP contribution in [0.3, 0.4) is 0 Å². The highest BCUT2D eigenvalue weighted by atomic mass is 32.2. The van der Waals surface area contributed by atoms with Gasteiger partial charge in [0.15, 0.2) is 0 Å². The summed E-state index contributed by atoms with van der Waals surface area (Å²) in [5.41, 5.74) is 1.91. The van der Waals surface area contributed by atoms with Crippen molar-refractivity contribution in [3.63, 3.8) is 0 Å². The first-order valence-corrected chi connectivity index (χ1v) is 12.3. The maximum atomic E-state index is 12.2. The molecule has 0 unspecified atom stereocenters. The average molecular weight is 461 g/mol. The Labute approximate surface area is 190 Å². The number of unbranched alkanes of at least 4 members (excludes halogenated alkanes) is 1. The number of hydrogen-bond donors (Lipinski definition) is 2. The number of rotatable bonds is 12. The van der Waals surface area contributed by atoms with E-state index in [1.807, 2.05) is 20.8 Å². The zero-order valence-corrected chi connectivity index (χ0v) is 19.7. The van der Waals surface area contributed by atoms with Crippen LogP contribution in [0, 0.1) is 5.92 Å². The molecule has 0 radical (unpaired) electrons. The number of esters is 1. The van der Waals surface area contributed by atoms with Crippen LogP contribution in [0.2, 0.25) is 0 Å². The highest BCUT2D eigenvalue weighted by Crippen LogP contribution is 2.14. The summed E-state index contributed by atoms with van der Waals surface area (Å²) in [7, 11) is -3.52. The number of carbonyl (C=O) groups excluding carboxylic acids is 2. The summed E-state index contributed by atoms with van der Waals surface area (Å²) >= 11 is 0. The van der Waals surface area contributed by atoms with Crippen LogP contribution >= 0.6 is 0 Å². The second kappa shape index (κ2) is 12.4. The first-order valence-electron chi connectivity index (χ1n) is 10.9. The Morgan fingerprint density at radius 1 is 1.00 bits per heavy atom. The van der Waals surface area contributed by atoms with Crippen molar-refractivity contribution in [3.8, 4) is 0 Å². The standard InChI is InChI=1S/C24H32N2O5S/c1-4-5-16-31-24(28)20-9-11-21(12-10-20)26-23(27)15-8-19-6-13-22(14-7-19)32(29,30)25-17-18(2)3/h6-7,9-14,18,25H,4-5,8,15-17H2,1-3H3,(H,26,27). The normalized spacial score (nSPS) is 11.4. The number of benzene rings is 2. The summed E-state index contributed by atoms with van der Waals surface area (Å²) in [6, 6.07) is 13.1. The second-order valence-corrected chi connectivity index (χ2v) is 9.77. The van der Waals surface area contributed by atoms with Crippen LogP contribution < -0.4 is 10.0 Å². The smallest absolute Gasteiger partial charge is 0.338 e. The number of amides is 1. The Morgan fingerprint density at radius 3 is 2.25 bits per heavy atom. The molecule has 0 fully saturated rings. The minimum absolute atomic E-state index is 0.168. The van der Waals surface area contributed by atoms with Gasteiger partial charge in [-0.1, -0.05) is 39.3 Å². The quantitative estimate of drug-likeness (QED) is 0.366. The first-order chi connectivity index (χ1) is 15.2. The van der Waals surface area contributed by atoms with Gasteiger partial charge in [-0.05, 0) is 60.7 Å². The van der Waals surface area contributed by atoms with Crippen LogP contribution in [0.25, 0.3) is 0 Å². The number of carbonyl (C=O) groups is 2. The van der Waals surface area contributed by atoms with Crippen LogP contribution in [0.5, 0.6) is 0 Å². The van der Waals surface area contributed by atoms with Crippen LogP contribution in [-0.2, 0) is 26.0 Å². The van der Waals surface area contributed by atoms with Gasteiger partial charge in [0.25, 0.3) is 0 Å². The molecule has 32 heavy (non-hydrogen) atoms. The van der Waals surface area contributed by atoms with E-state index in [9.17, 15) is 18.0 Å². The number of sulfonamides is 1.